The van der Waals surface area contributed by atoms with Crippen molar-refractivity contribution in [2.24, 2.45) is 0 Å². The van der Waals surface area contributed by atoms with E-state index in [0.29, 0.717) is 5.56 Å². The molecular formula is C15H12FNOS. The topological polar surface area (TPSA) is 29.1 Å². The SMILES string of the molecule is O=C1CC(c2ccccc2F)Sc2ccccc2N1. The number of hydrogen-bond acceptors (Lipinski definition) is 2. The third kappa shape index (κ3) is 2.49. The summed E-state index contributed by atoms with van der Waals surface area (Å²) in [6.45, 7) is 0. The van der Waals surface area contributed by atoms with Crippen LogP contribution in [-0.2, 0) is 4.79 Å². The first kappa shape index (κ1) is 12.2. The van der Waals surface area contributed by atoms with Gasteiger partial charge in [-0.2, -0.15) is 0 Å². The summed E-state index contributed by atoms with van der Waals surface area (Å²) in [5.74, 6) is -0.335. The van der Waals surface area contributed by atoms with Crippen LogP contribution in [0.3, 0.4) is 0 Å². The van der Waals surface area contributed by atoms with E-state index < -0.39 is 0 Å². The highest BCUT2D eigenvalue weighted by atomic mass is 32.2. The summed E-state index contributed by atoms with van der Waals surface area (Å²) in [5.41, 5.74) is 1.38. The number of halogens is 1. The minimum atomic E-state index is -0.257. The zero-order valence-electron chi connectivity index (χ0n) is 10.1. The molecule has 4 heteroatoms. The second-order valence-electron chi connectivity index (χ2n) is 4.38. The maximum atomic E-state index is 13.9. The first-order valence-corrected chi connectivity index (χ1v) is 6.92. The molecule has 0 aliphatic carbocycles. The monoisotopic (exact) mass is 273 g/mol. The predicted octanol–water partition coefficient (Wildman–Crippen LogP) is 4.00. The molecule has 1 aliphatic rings. The molecule has 1 aliphatic heterocycles. The van der Waals surface area contributed by atoms with Crippen molar-refractivity contribution >= 4 is 23.4 Å². The number of nitrogens with one attached hydrogen (secondary N) is 1. The zero-order chi connectivity index (χ0) is 13.2. The number of carbonyl (C=O) groups excluding carboxylic acids is 1. The molecule has 0 saturated carbocycles. The summed E-state index contributed by atoms with van der Waals surface area (Å²) in [7, 11) is 0. The van der Waals surface area contributed by atoms with Gasteiger partial charge in [0.2, 0.25) is 5.91 Å². The molecule has 0 spiro atoms. The molecule has 2 aromatic carbocycles. The Morgan fingerprint density at radius 3 is 2.68 bits per heavy atom. The maximum absolute atomic E-state index is 13.9. The Morgan fingerprint density at radius 1 is 1.11 bits per heavy atom. The van der Waals surface area contributed by atoms with Gasteiger partial charge in [-0.3, -0.25) is 4.79 Å². The van der Waals surface area contributed by atoms with Gasteiger partial charge in [-0.1, -0.05) is 30.3 Å². The molecule has 19 heavy (non-hydrogen) atoms. The molecule has 2 aromatic rings. The van der Waals surface area contributed by atoms with Crippen LogP contribution in [0.5, 0.6) is 0 Å². The normalized spacial score (nSPS) is 18.4. The number of anilines is 1. The van der Waals surface area contributed by atoms with Crippen LogP contribution in [0.15, 0.2) is 53.4 Å². The number of rotatable bonds is 1. The Kier molecular flexibility index (Phi) is 3.25. The fourth-order valence-corrected chi connectivity index (χ4v) is 3.41. The summed E-state index contributed by atoms with van der Waals surface area (Å²) in [6.07, 6.45) is 0.278. The van der Waals surface area contributed by atoms with E-state index in [1.165, 1.54) is 17.8 Å². The predicted molar refractivity (Wildman–Crippen MR) is 74.7 cm³/mol. The second kappa shape index (κ2) is 5.05. The van der Waals surface area contributed by atoms with Crippen LogP contribution in [-0.4, -0.2) is 5.91 Å². The van der Waals surface area contributed by atoms with Gasteiger partial charge in [-0.05, 0) is 18.2 Å². The molecule has 0 aromatic heterocycles. The van der Waals surface area contributed by atoms with Gasteiger partial charge in [0, 0.05) is 22.1 Å². The van der Waals surface area contributed by atoms with Gasteiger partial charge in [0.25, 0.3) is 0 Å². The summed E-state index contributed by atoms with van der Waals surface area (Å²) in [4.78, 5) is 12.9. The van der Waals surface area contributed by atoms with E-state index in [0.717, 1.165) is 10.6 Å². The van der Waals surface area contributed by atoms with Crippen molar-refractivity contribution in [1.29, 1.82) is 0 Å². The fraction of sp³-hybridized carbons (Fsp3) is 0.133. The molecule has 0 bridgehead atoms. The molecule has 1 N–H and O–H groups in total. The van der Waals surface area contributed by atoms with Crippen LogP contribution in [0.4, 0.5) is 10.1 Å². The first-order valence-electron chi connectivity index (χ1n) is 6.04. The van der Waals surface area contributed by atoms with Crippen LogP contribution in [0.2, 0.25) is 0 Å². The lowest BCUT2D eigenvalue weighted by Crippen LogP contribution is -2.12. The third-order valence-corrected chi connectivity index (χ3v) is 4.37. The number of hydrogen-bond donors (Lipinski definition) is 1. The van der Waals surface area contributed by atoms with Gasteiger partial charge in [-0.25, -0.2) is 4.39 Å². The fourth-order valence-electron chi connectivity index (χ4n) is 2.15. The average Bonchev–Trinajstić information content (AvgIpc) is 2.57. The van der Waals surface area contributed by atoms with E-state index in [-0.39, 0.29) is 23.4 Å². The zero-order valence-corrected chi connectivity index (χ0v) is 10.9. The highest BCUT2D eigenvalue weighted by Gasteiger charge is 2.25. The Morgan fingerprint density at radius 2 is 1.84 bits per heavy atom. The van der Waals surface area contributed by atoms with E-state index in [4.69, 9.17) is 0 Å². The van der Waals surface area contributed by atoms with Gasteiger partial charge in [0.15, 0.2) is 0 Å². The van der Waals surface area contributed by atoms with E-state index in [2.05, 4.69) is 5.32 Å². The van der Waals surface area contributed by atoms with E-state index in [1.807, 2.05) is 24.3 Å². The number of amides is 1. The third-order valence-electron chi connectivity index (χ3n) is 3.05. The molecule has 1 atom stereocenters. The molecule has 2 nitrogen and oxygen atoms in total. The largest absolute Gasteiger partial charge is 0.325 e. The lowest BCUT2D eigenvalue weighted by atomic mass is 10.1. The van der Waals surface area contributed by atoms with Crippen molar-refractivity contribution < 1.29 is 9.18 Å². The number of para-hydroxylation sites is 1. The molecule has 96 valence electrons. The molecule has 1 unspecified atom stereocenters. The van der Waals surface area contributed by atoms with Crippen LogP contribution in [0.1, 0.15) is 17.2 Å². The van der Waals surface area contributed by atoms with E-state index >= 15 is 0 Å². The molecule has 1 amide bonds. The quantitative estimate of drug-likeness (QED) is 0.850. The second-order valence-corrected chi connectivity index (χ2v) is 5.62. The molecular weight excluding hydrogens is 261 g/mol. The maximum Gasteiger partial charge on any atom is 0.225 e. The summed E-state index contributed by atoms with van der Waals surface area (Å²) in [6, 6.07) is 14.2. The number of benzene rings is 2. The van der Waals surface area contributed by atoms with Crippen LogP contribution in [0.25, 0.3) is 0 Å². The van der Waals surface area contributed by atoms with E-state index in [9.17, 15) is 9.18 Å². The van der Waals surface area contributed by atoms with Crippen molar-refractivity contribution in [1.82, 2.24) is 0 Å². The van der Waals surface area contributed by atoms with Gasteiger partial charge >= 0.3 is 0 Å². The Labute approximate surface area is 115 Å². The first-order chi connectivity index (χ1) is 9.24. The molecule has 3 rings (SSSR count). The van der Waals surface area contributed by atoms with E-state index in [1.54, 1.807) is 18.2 Å². The summed E-state index contributed by atoms with van der Waals surface area (Å²) >= 11 is 1.53. The highest BCUT2D eigenvalue weighted by Crippen LogP contribution is 2.43. The van der Waals surface area contributed by atoms with Gasteiger partial charge in [-0.15, -0.1) is 11.8 Å². The average molecular weight is 273 g/mol. The lowest BCUT2D eigenvalue weighted by molar-refractivity contribution is -0.116. The Balaban J connectivity index is 2.01. The minimum Gasteiger partial charge on any atom is -0.325 e. The number of carbonyl (C=O) groups is 1. The highest BCUT2D eigenvalue weighted by molar-refractivity contribution is 7.99. The van der Waals surface area contributed by atoms with Gasteiger partial charge in [0.05, 0.1) is 5.69 Å². The van der Waals surface area contributed by atoms with Crippen LogP contribution >= 0.6 is 11.8 Å². The molecule has 0 fully saturated rings. The van der Waals surface area contributed by atoms with Crippen LogP contribution < -0.4 is 5.32 Å². The standard InChI is InChI=1S/C15H12FNOS/c16-11-6-2-1-5-10(11)14-9-15(18)17-12-7-3-4-8-13(12)19-14/h1-8,14H,9H2,(H,17,18). The Bertz CT molecular complexity index is 629. The summed E-state index contributed by atoms with van der Waals surface area (Å²) < 4.78 is 13.9. The van der Waals surface area contributed by atoms with Crippen molar-refractivity contribution in [3.63, 3.8) is 0 Å². The molecule has 0 radical (unpaired) electrons. The smallest absolute Gasteiger partial charge is 0.225 e. The van der Waals surface area contributed by atoms with Crippen molar-refractivity contribution in [2.75, 3.05) is 5.32 Å². The Hall–Kier alpha value is -1.81. The molecule has 1 heterocycles. The summed E-state index contributed by atoms with van der Waals surface area (Å²) in [5, 5.41) is 2.67. The molecule has 0 saturated heterocycles. The van der Waals surface area contributed by atoms with Gasteiger partial charge < -0.3 is 5.32 Å². The van der Waals surface area contributed by atoms with Crippen molar-refractivity contribution in [3.05, 3.63) is 59.9 Å². The number of thioether (sulfide) groups is 1. The van der Waals surface area contributed by atoms with Crippen molar-refractivity contribution in [3.8, 4) is 0 Å². The number of fused-ring (bicyclic) bond motifs is 1. The van der Waals surface area contributed by atoms with Crippen molar-refractivity contribution in [2.45, 2.75) is 16.6 Å². The van der Waals surface area contributed by atoms with Gasteiger partial charge in [0.1, 0.15) is 5.82 Å². The minimum absolute atomic E-state index is 0.0781. The lowest BCUT2D eigenvalue weighted by Gasteiger charge is -2.14. The van der Waals surface area contributed by atoms with Crippen LogP contribution in [0, 0.1) is 5.82 Å².